The number of ether oxygens (including phenoxy) is 1. The van der Waals surface area contributed by atoms with E-state index >= 15 is 0 Å². The van der Waals surface area contributed by atoms with Gasteiger partial charge in [0.2, 0.25) is 0 Å². The van der Waals surface area contributed by atoms with Gasteiger partial charge in [0.05, 0.1) is 12.1 Å². The van der Waals surface area contributed by atoms with Gasteiger partial charge in [-0.15, -0.1) is 0 Å². The molecule has 0 amide bonds. The zero-order valence-corrected chi connectivity index (χ0v) is 12.3. The fourth-order valence-electron chi connectivity index (χ4n) is 2.27. The summed E-state index contributed by atoms with van der Waals surface area (Å²) in [4.78, 5) is 0. The summed E-state index contributed by atoms with van der Waals surface area (Å²) in [6, 6.07) is 1.70. The third-order valence-electron chi connectivity index (χ3n) is 3.17. The smallest absolute Gasteiger partial charge is 0.194 e. The van der Waals surface area contributed by atoms with Crippen LogP contribution in [0.25, 0.3) is 0 Å². The van der Waals surface area contributed by atoms with Crippen LogP contribution in [0, 0.1) is 23.4 Å². The van der Waals surface area contributed by atoms with Gasteiger partial charge in [-0.1, -0.05) is 26.8 Å². The lowest BCUT2D eigenvalue weighted by Crippen LogP contribution is -2.38. The van der Waals surface area contributed by atoms with Gasteiger partial charge < -0.3 is 10.1 Å². The minimum absolute atomic E-state index is 0.0953. The number of likely N-dealkylation sites (N-methyl/N-ethyl adjacent to an activating group) is 1. The molecule has 2 nitrogen and oxygen atoms in total. The van der Waals surface area contributed by atoms with Crippen LogP contribution in [0.15, 0.2) is 12.1 Å². The van der Waals surface area contributed by atoms with E-state index in [0.717, 1.165) is 6.07 Å². The molecule has 1 aromatic rings. The first-order valence-electron chi connectivity index (χ1n) is 6.92. The molecule has 0 aliphatic heterocycles. The van der Waals surface area contributed by atoms with Crippen molar-refractivity contribution in [3.05, 3.63) is 35.1 Å². The zero-order valence-electron chi connectivity index (χ0n) is 12.3. The van der Waals surface area contributed by atoms with Crippen molar-refractivity contribution >= 4 is 0 Å². The minimum atomic E-state index is -1.44. The van der Waals surface area contributed by atoms with Crippen LogP contribution in [0.1, 0.15) is 39.3 Å². The van der Waals surface area contributed by atoms with Crippen LogP contribution >= 0.6 is 0 Å². The van der Waals surface area contributed by atoms with Gasteiger partial charge in [-0.3, -0.25) is 0 Å². The molecule has 2 unspecified atom stereocenters. The molecule has 0 radical (unpaired) electrons. The fraction of sp³-hybridized carbons (Fsp3) is 0.600. The van der Waals surface area contributed by atoms with E-state index in [4.69, 9.17) is 4.74 Å². The van der Waals surface area contributed by atoms with E-state index in [1.807, 2.05) is 27.7 Å². The van der Waals surface area contributed by atoms with E-state index in [9.17, 15) is 13.2 Å². The lowest BCUT2D eigenvalue weighted by atomic mass is 9.92. The lowest BCUT2D eigenvalue weighted by molar-refractivity contribution is 0.00219. The Kier molecular flexibility index (Phi) is 6.49. The molecule has 0 aliphatic carbocycles. The molecule has 2 atom stereocenters. The van der Waals surface area contributed by atoms with Gasteiger partial charge in [0.25, 0.3) is 0 Å². The molecule has 0 aliphatic rings. The van der Waals surface area contributed by atoms with Crippen molar-refractivity contribution in [3.8, 4) is 0 Å². The van der Waals surface area contributed by atoms with Gasteiger partial charge >= 0.3 is 0 Å². The third kappa shape index (κ3) is 3.73. The Balaban J connectivity index is 3.22. The van der Waals surface area contributed by atoms with Gasteiger partial charge in [0.15, 0.2) is 17.5 Å². The van der Waals surface area contributed by atoms with E-state index in [2.05, 4.69) is 5.32 Å². The molecule has 0 fully saturated rings. The van der Waals surface area contributed by atoms with Crippen LogP contribution in [0.4, 0.5) is 13.2 Å². The van der Waals surface area contributed by atoms with Crippen LogP contribution in [-0.2, 0) is 4.74 Å². The average molecular weight is 289 g/mol. The second-order valence-electron chi connectivity index (χ2n) is 4.96. The van der Waals surface area contributed by atoms with Gasteiger partial charge in [0, 0.05) is 12.2 Å². The number of nitrogens with one attached hydrogen (secondary N) is 1. The van der Waals surface area contributed by atoms with E-state index in [1.54, 1.807) is 0 Å². The number of rotatable bonds is 7. The number of benzene rings is 1. The molecule has 1 N–H and O–H groups in total. The van der Waals surface area contributed by atoms with Gasteiger partial charge in [-0.05, 0) is 25.5 Å². The summed E-state index contributed by atoms with van der Waals surface area (Å²) >= 11 is 0. The average Bonchev–Trinajstić information content (AvgIpc) is 2.40. The molecule has 1 rings (SSSR count). The molecule has 5 heteroatoms. The van der Waals surface area contributed by atoms with Crippen molar-refractivity contribution < 1.29 is 17.9 Å². The second kappa shape index (κ2) is 7.64. The molecular weight excluding hydrogens is 267 g/mol. The minimum Gasteiger partial charge on any atom is -0.376 e. The second-order valence-corrected chi connectivity index (χ2v) is 4.96. The quantitative estimate of drug-likeness (QED) is 0.771. The van der Waals surface area contributed by atoms with E-state index in [0.29, 0.717) is 13.2 Å². The van der Waals surface area contributed by atoms with Crippen LogP contribution in [0.2, 0.25) is 0 Å². The SMILES string of the molecule is CCNC(c1ccc(F)c(F)c1F)C(OCC)C(C)C. The molecule has 0 aromatic heterocycles. The molecule has 20 heavy (non-hydrogen) atoms. The highest BCUT2D eigenvalue weighted by atomic mass is 19.2. The standard InChI is InChI=1S/C15H22F3NO/c1-5-19-14(15(9(3)4)20-6-2)10-7-8-11(16)13(18)12(10)17/h7-9,14-15,19H,5-6H2,1-4H3. The highest BCUT2D eigenvalue weighted by Gasteiger charge is 2.29. The van der Waals surface area contributed by atoms with E-state index < -0.39 is 23.5 Å². The van der Waals surface area contributed by atoms with Gasteiger partial charge in [-0.2, -0.15) is 0 Å². The van der Waals surface area contributed by atoms with Crippen LogP contribution in [0.5, 0.6) is 0 Å². The van der Waals surface area contributed by atoms with Crippen LogP contribution in [0.3, 0.4) is 0 Å². The monoisotopic (exact) mass is 289 g/mol. The predicted octanol–water partition coefficient (Wildman–Crippen LogP) is 3.82. The normalized spacial score (nSPS) is 14.6. The molecule has 0 saturated carbocycles. The Hall–Kier alpha value is -1.07. The van der Waals surface area contributed by atoms with E-state index in [1.165, 1.54) is 6.07 Å². The summed E-state index contributed by atoms with van der Waals surface area (Å²) in [6.07, 6.45) is -0.320. The van der Waals surface area contributed by atoms with Gasteiger partial charge in [-0.25, -0.2) is 13.2 Å². The number of hydrogen-bond acceptors (Lipinski definition) is 2. The fourth-order valence-corrected chi connectivity index (χ4v) is 2.27. The van der Waals surface area contributed by atoms with Crippen molar-refractivity contribution in [1.29, 1.82) is 0 Å². The lowest BCUT2D eigenvalue weighted by Gasteiger charge is -2.31. The molecule has 0 bridgehead atoms. The molecular formula is C15H22F3NO. The van der Waals surface area contributed by atoms with Crippen molar-refractivity contribution in [2.45, 2.75) is 39.8 Å². The summed E-state index contributed by atoms with van der Waals surface area (Å²) in [5, 5.41) is 3.10. The summed E-state index contributed by atoms with van der Waals surface area (Å²) in [5.41, 5.74) is 0.0953. The van der Waals surface area contributed by atoms with Gasteiger partial charge in [0.1, 0.15) is 0 Å². The van der Waals surface area contributed by atoms with Crippen LogP contribution in [-0.4, -0.2) is 19.3 Å². The Bertz CT molecular complexity index is 437. The Labute approximate surface area is 118 Å². The summed E-state index contributed by atoms with van der Waals surface area (Å²) < 4.78 is 46.1. The summed E-state index contributed by atoms with van der Waals surface area (Å²) in [6.45, 7) is 8.65. The molecule has 0 spiro atoms. The summed E-state index contributed by atoms with van der Waals surface area (Å²) in [5.74, 6) is -3.67. The molecule has 114 valence electrons. The van der Waals surface area contributed by atoms with Crippen molar-refractivity contribution in [2.24, 2.45) is 5.92 Å². The van der Waals surface area contributed by atoms with Crippen molar-refractivity contribution in [2.75, 3.05) is 13.2 Å². The highest BCUT2D eigenvalue weighted by Crippen LogP contribution is 2.28. The third-order valence-corrected chi connectivity index (χ3v) is 3.17. The topological polar surface area (TPSA) is 21.3 Å². The maximum absolute atomic E-state index is 14.0. The first-order chi connectivity index (χ1) is 9.43. The maximum Gasteiger partial charge on any atom is 0.194 e. The summed E-state index contributed by atoms with van der Waals surface area (Å²) in [7, 11) is 0. The molecule has 0 heterocycles. The number of hydrogen-bond donors (Lipinski definition) is 1. The predicted molar refractivity (Wildman–Crippen MR) is 73.0 cm³/mol. The largest absolute Gasteiger partial charge is 0.376 e. The number of halogens is 3. The Morgan fingerprint density at radius 2 is 1.75 bits per heavy atom. The molecule has 0 saturated heterocycles. The maximum atomic E-state index is 14.0. The molecule has 1 aromatic carbocycles. The Morgan fingerprint density at radius 3 is 2.25 bits per heavy atom. The highest BCUT2D eigenvalue weighted by molar-refractivity contribution is 5.25. The van der Waals surface area contributed by atoms with E-state index in [-0.39, 0.29) is 17.6 Å². The first-order valence-corrected chi connectivity index (χ1v) is 6.92. The van der Waals surface area contributed by atoms with Crippen molar-refractivity contribution in [1.82, 2.24) is 5.32 Å². The first kappa shape index (κ1) is 17.0. The Morgan fingerprint density at radius 1 is 1.10 bits per heavy atom. The van der Waals surface area contributed by atoms with Crippen LogP contribution < -0.4 is 5.32 Å². The van der Waals surface area contributed by atoms with Crippen molar-refractivity contribution in [3.63, 3.8) is 0 Å². The zero-order chi connectivity index (χ0) is 15.3.